The molecular formula is C23H25N5O2S2. The molecular weight excluding hydrogens is 442 g/mol. The van der Waals surface area contributed by atoms with Gasteiger partial charge < -0.3 is 10.1 Å². The zero-order valence-corrected chi connectivity index (χ0v) is 19.7. The van der Waals surface area contributed by atoms with Gasteiger partial charge in [0.25, 0.3) is 0 Å². The summed E-state index contributed by atoms with van der Waals surface area (Å²) < 4.78 is 5.79. The number of nitriles is 1. The van der Waals surface area contributed by atoms with E-state index < -0.39 is 5.25 Å². The maximum absolute atomic E-state index is 12.8. The molecule has 2 heterocycles. The molecule has 1 amide bonds. The van der Waals surface area contributed by atoms with Gasteiger partial charge in [-0.3, -0.25) is 9.89 Å². The summed E-state index contributed by atoms with van der Waals surface area (Å²) in [6.07, 6.45) is 5.33. The summed E-state index contributed by atoms with van der Waals surface area (Å²) in [7, 11) is 0. The van der Waals surface area contributed by atoms with Gasteiger partial charge in [0.05, 0.1) is 10.8 Å². The van der Waals surface area contributed by atoms with Gasteiger partial charge in [-0.2, -0.15) is 5.26 Å². The molecule has 1 aliphatic rings. The minimum absolute atomic E-state index is 0.162. The number of para-hydroxylation sites is 1. The van der Waals surface area contributed by atoms with Crippen LogP contribution >= 0.6 is 23.1 Å². The number of amides is 1. The van der Waals surface area contributed by atoms with Crippen LogP contribution in [0.15, 0.2) is 29.4 Å². The Balaban J connectivity index is 1.35. The summed E-state index contributed by atoms with van der Waals surface area (Å²) in [4.78, 5) is 18.5. The Kier molecular flexibility index (Phi) is 7.12. The molecule has 9 heteroatoms. The molecule has 4 rings (SSSR count). The van der Waals surface area contributed by atoms with Crippen LogP contribution in [0.2, 0.25) is 0 Å². The van der Waals surface area contributed by atoms with Crippen molar-refractivity contribution in [1.29, 1.82) is 5.26 Å². The summed E-state index contributed by atoms with van der Waals surface area (Å²) in [5, 5.41) is 20.4. The van der Waals surface area contributed by atoms with Crippen molar-refractivity contribution in [2.45, 2.75) is 63.0 Å². The number of thiophene rings is 1. The Bertz CT molecular complexity index is 1150. The number of fused-ring (bicyclic) bond motifs is 1. The molecule has 0 aliphatic heterocycles. The number of thioether (sulfide) groups is 1. The second-order valence-electron chi connectivity index (χ2n) is 7.75. The van der Waals surface area contributed by atoms with Gasteiger partial charge in [0.1, 0.15) is 23.4 Å². The highest BCUT2D eigenvalue weighted by atomic mass is 32.2. The van der Waals surface area contributed by atoms with Gasteiger partial charge in [0.2, 0.25) is 11.1 Å². The number of rotatable bonds is 7. The van der Waals surface area contributed by atoms with Crippen LogP contribution in [0.3, 0.4) is 0 Å². The fraction of sp³-hybridized carbons (Fsp3) is 0.391. The van der Waals surface area contributed by atoms with Crippen LogP contribution in [0.25, 0.3) is 0 Å². The van der Waals surface area contributed by atoms with Crippen LogP contribution < -0.4 is 10.1 Å². The smallest absolute Gasteiger partial charge is 0.238 e. The van der Waals surface area contributed by atoms with Gasteiger partial charge in [0.15, 0.2) is 5.82 Å². The molecule has 1 aromatic carbocycles. The monoisotopic (exact) mass is 467 g/mol. The van der Waals surface area contributed by atoms with E-state index in [0.717, 1.165) is 42.6 Å². The van der Waals surface area contributed by atoms with Gasteiger partial charge in [0, 0.05) is 4.88 Å². The lowest BCUT2D eigenvalue weighted by molar-refractivity contribution is -0.115. The fourth-order valence-corrected chi connectivity index (χ4v) is 5.62. The second-order valence-corrected chi connectivity index (χ2v) is 10.2. The van der Waals surface area contributed by atoms with Gasteiger partial charge in [-0.25, -0.2) is 4.98 Å². The minimum atomic E-state index is -0.413. The quantitative estimate of drug-likeness (QED) is 0.374. The van der Waals surface area contributed by atoms with Crippen LogP contribution in [-0.2, 0) is 24.2 Å². The van der Waals surface area contributed by atoms with E-state index in [9.17, 15) is 10.1 Å². The molecule has 0 radical (unpaired) electrons. The number of aromatic amines is 1. The van der Waals surface area contributed by atoms with Crippen molar-refractivity contribution in [3.63, 3.8) is 0 Å². The third-order valence-corrected chi connectivity index (χ3v) is 7.56. The average Bonchev–Trinajstić information content (AvgIpc) is 3.29. The lowest BCUT2D eigenvalue weighted by Gasteiger charge is -2.09. The molecule has 7 nitrogen and oxygen atoms in total. The molecule has 1 aliphatic carbocycles. The standard InChI is InChI=1S/C23H25N5O2S2/c1-14-8-6-7-10-18(14)30-13-20-25-23(28-27-20)31-15(2)21(29)26-22-17(12-24)16-9-4-3-5-11-19(16)32-22/h6-8,10,15H,3-5,9,11,13H2,1-2H3,(H,26,29)(H,25,27,28)/t15-/m1/s1. The maximum atomic E-state index is 12.8. The highest BCUT2D eigenvalue weighted by molar-refractivity contribution is 8.00. The lowest BCUT2D eigenvalue weighted by Crippen LogP contribution is -2.22. The number of nitrogens with one attached hydrogen (secondary N) is 2. The molecule has 2 aromatic heterocycles. The van der Waals surface area contributed by atoms with E-state index in [4.69, 9.17) is 4.74 Å². The zero-order chi connectivity index (χ0) is 22.5. The van der Waals surface area contributed by atoms with E-state index in [1.54, 1.807) is 11.3 Å². The van der Waals surface area contributed by atoms with E-state index in [0.29, 0.717) is 21.5 Å². The van der Waals surface area contributed by atoms with Crippen molar-refractivity contribution in [1.82, 2.24) is 15.2 Å². The largest absolute Gasteiger partial charge is 0.485 e. The van der Waals surface area contributed by atoms with Crippen molar-refractivity contribution < 1.29 is 9.53 Å². The molecule has 0 spiro atoms. The fourth-order valence-electron chi connectivity index (χ4n) is 3.63. The second kappa shape index (κ2) is 10.2. The van der Waals surface area contributed by atoms with Gasteiger partial charge >= 0.3 is 0 Å². The first-order valence-electron chi connectivity index (χ1n) is 10.7. The normalized spacial score (nSPS) is 14.2. The number of nitrogens with zero attached hydrogens (tertiary/aromatic N) is 3. The van der Waals surface area contributed by atoms with Gasteiger partial charge in [-0.15, -0.1) is 16.4 Å². The van der Waals surface area contributed by atoms with Crippen LogP contribution in [0.1, 0.15) is 53.6 Å². The van der Waals surface area contributed by atoms with E-state index >= 15 is 0 Å². The number of H-pyrrole nitrogens is 1. The highest BCUT2D eigenvalue weighted by Crippen LogP contribution is 2.37. The number of aryl methyl sites for hydroxylation is 2. The van der Waals surface area contributed by atoms with Crippen LogP contribution in [0.5, 0.6) is 5.75 Å². The summed E-state index contributed by atoms with van der Waals surface area (Å²) in [6.45, 7) is 4.07. The SMILES string of the molecule is Cc1ccccc1OCc1nc(S[C@H](C)C(=O)Nc2sc3c(c2C#N)CCCCC3)n[nH]1. The molecule has 0 fully saturated rings. The van der Waals surface area contributed by atoms with E-state index in [1.165, 1.54) is 23.1 Å². The van der Waals surface area contributed by atoms with E-state index in [-0.39, 0.29) is 12.5 Å². The first-order valence-corrected chi connectivity index (χ1v) is 12.4. The van der Waals surface area contributed by atoms with Crippen molar-refractivity contribution in [3.8, 4) is 11.8 Å². The minimum Gasteiger partial charge on any atom is -0.485 e. The first-order chi connectivity index (χ1) is 15.5. The number of carbonyl (C=O) groups is 1. The summed E-state index contributed by atoms with van der Waals surface area (Å²) >= 11 is 2.81. The number of ether oxygens (including phenoxy) is 1. The summed E-state index contributed by atoms with van der Waals surface area (Å²) in [5.41, 5.74) is 2.80. The summed E-state index contributed by atoms with van der Waals surface area (Å²) in [6, 6.07) is 10.1. The molecule has 0 unspecified atom stereocenters. The molecule has 0 saturated heterocycles. The average molecular weight is 468 g/mol. The third-order valence-electron chi connectivity index (χ3n) is 5.39. The third kappa shape index (κ3) is 5.14. The van der Waals surface area contributed by atoms with E-state index in [1.807, 2.05) is 38.1 Å². The van der Waals surface area contributed by atoms with Crippen molar-refractivity contribution >= 4 is 34.0 Å². The Hall–Kier alpha value is -2.83. The topological polar surface area (TPSA) is 104 Å². The Morgan fingerprint density at radius 3 is 2.97 bits per heavy atom. The van der Waals surface area contributed by atoms with Gasteiger partial charge in [-0.05, 0) is 56.7 Å². The first kappa shape index (κ1) is 22.4. The molecule has 0 bridgehead atoms. The molecule has 32 heavy (non-hydrogen) atoms. The van der Waals surface area contributed by atoms with Gasteiger partial charge in [-0.1, -0.05) is 36.4 Å². The van der Waals surface area contributed by atoms with Crippen molar-refractivity contribution in [2.24, 2.45) is 0 Å². The Morgan fingerprint density at radius 2 is 2.16 bits per heavy atom. The number of hydrogen-bond donors (Lipinski definition) is 2. The summed E-state index contributed by atoms with van der Waals surface area (Å²) in [5.74, 6) is 1.23. The lowest BCUT2D eigenvalue weighted by atomic mass is 10.1. The molecule has 0 saturated carbocycles. The van der Waals surface area contributed by atoms with Crippen molar-refractivity contribution in [2.75, 3.05) is 5.32 Å². The predicted octanol–water partition coefficient (Wildman–Crippen LogP) is 5.01. The van der Waals surface area contributed by atoms with Crippen LogP contribution in [-0.4, -0.2) is 26.3 Å². The number of carbonyl (C=O) groups excluding carboxylic acids is 1. The highest BCUT2D eigenvalue weighted by Gasteiger charge is 2.23. The molecule has 166 valence electrons. The Labute approximate surface area is 195 Å². The Morgan fingerprint density at radius 1 is 1.34 bits per heavy atom. The predicted molar refractivity (Wildman–Crippen MR) is 126 cm³/mol. The maximum Gasteiger partial charge on any atom is 0.238 e. The molecule has 1 atom stereocenters. The number of benzene rings is 1. The van der Waals surface area contributed by atoms with Crippen molar-refractivity contribution in [3.05, 3.63) is 51.7 Å². The zero-order valence-electron chi connectivity index (χ0n) is 18.1. The van der Waals surface area contributed by atoms with E-state index in [2.05, 4.69) is 26.6 Å². The van der Waals surface area contributed by atoms with Crippen LogP contribution in [0, 0.1) is 18.3 Å². The number of anilines is 1. The number of hydrogen-bond acceptors (Lipinski definition) is 7. The number of aromatic nitrogens is 3. The molecule has 3 aromatic rings. The van der Waals surface area contributed by atoms with Crippen LogP contribution in [0.4, 0.5) is 5.00 Å². The molecule has 2 N–H and O–H groups in total.